The van der Waals surface area contributed by atoms with Crippen molar-refractivity contribution < 1.29 is 62.0 Å². The van der Waals surface area contributed by atoms with Crippen LogP contribution in [-0.2, 0) is 0 Å². The Hall–Kier alpha value is -2.55. The van der Waals surface area contributed by atoms with Crippen molar-refractivity contribution in [3.05, 3.63) is 46.0 Å². The number of allylic oxidation sites excluding steroid dienone is 1. The van der Waals surface area contributed by atoms with E-state index in [0.717, 1.165) is 0 Å². The number of hydrogen-bond acceptors (Lipinski definition) is 2. The summed E-state index contributed by atoms with van der Waals surface area (Å²) >= 11 is 0. The molecule has 0 aliphatic rings. The Morgan fingerprint density at radius 1 is 0.667 bits per heavy atom. The molecule has 3 nitrogen and oxygen atoms in total. The number of benzene rings is 1. The number of rotatable bonds is 7. The highest BCUT2D eigenvalue weighted by molar-refractivity contribution is 5.53. The summed E-state index contributed by atoms with van der Waals surface area (Å²) in [5.41, 5.74) is -1.21. The van der Waals surface area contributed by atoms with Crippen LogP contribution in [0.1, 0.15) is 5.56 Å². The fourth-order valence-corrected chi connectivity index (χ4v) is 1.79. The molecule has 0 aromatic heterocycles. The number of nitro benzene ring substituents is 1. The number of nitrogens with zero attached hydrogens (tertiary/aromatic N) is 1. The summed E-state index contributed by atoms with van der Waals surface area (Å²) in [5, 5.41) is 10.4. The Morgan fingerprint density at radius 2 is 1.07 bits per heavy atom. The van der Waals surface area contributed by atoms with Crippen LogP contribution in [0.3, 0.4) is 0 Å². The van der Waals surface area contributed by atoms with Gasteiger partial charge in [0.15, 0.2) is 0 Å². The van der Waals surface area contributed by atoms with E-state index in [1.165, 1.54) is 0 Å². The summed E-state index contributed by atoms with van der Waals surface area (Å²) in [4.78, 5) is 9.42. The Bertz CT molecular complexity index is 812. The van der Waals surface area contributed by atoms with Gasteiger partial charge in [0, 0.05) is 12.1 Å². The minimum atomic E-state index is -7.97. The zero-order chi connectivity index (χ0) is 24.0. The smallest absolute Gasteiger partial charge is 0.258 e. The molecule has 0 unspecified atom stereocenters. The molecule has 0 fully saturated rings. The topological polar surface area (TPSA) is 43.1 Å². The van der Waals surface area contributed by atoms with Gasteiger partial charge in [0.25, 0.3) is 5.69 Å². The Morgan fingerprint density at radius 3 is 1.43 bits per heavy atom. The Labute approximate surface area is 156 Å². The fourth-order valence-electron chi connectivity index (χ4n) is 1.79. The molecule has 0 spiro atoms. The average Bonchev–Trinajstić information content (AvgIpc) is 2.58. The minimum absolute atomic E-state index is 0.117. The third kappa shape index (κ3) is 3.90. The van der Waals surface area contributed by atoms with Crippen LogP contribution in [0.4, 0.5) is 62.8 Å². The molecule has 1 aromatic carbocycles. The van der Waals surface area contributed by atoms with Crippen LogP contribution >= 0.6 is 0 Å². The van der Waals surface area contributed by atoms with E-state index in [-0.39, 0.29) is 6.08 Å². The van der Waals surface area contributed by atoms with Crippen molar-refractivity contribution in [1.82, 2.24) is 0 Å². The van der Waals surface area contributed by atoms with Crippen LogP contribution in [0.5, 0.6) is 0 Å². The van der Waals surface area contributed by atoms with Gasteiger partial charge in [0.05, 0.1) is 4.92 Å². The molecule has 0 radical (unpaired) electrons. The molecule has 0 aliphatic carbocycles. The van der Waals surface area contributed by atoms with Gasteiger partial charge in [-0.2, -0.15) is 57.1 Å². The van der Waals surface area contributed by atoms with Crippen LogP contribution in [0, 0.1) is 10.1 Å². The molecule has 0 amide bonds. The SMILES string of the molecule is O=[N+]([O-])c1ccc(/C=C\C(F)(F)C(F)(F)C(F)(F)C(F)(F)C(F)(F)C(F)(F)F)cc1. The van der Waals surface area contributed by atoms with Crippen LogP contribution in [-0.4, -0.2) is 40.7 Å². The summed E-state index contributed by atoms with van der Waals surface area (Å²) < 4.78 is 168. The van der Waals surface area contributed by atoms with E-state index in [2.05, 4.69) is 0 Å². The monoisotopic (exact) mass is 467 g/mol. The predicted octanol–water partition coefficient (Wildman–Crippen LogP) is 6.35. The van der Waals surface area contributed by atoms with Crippen LogP contribution in [0.2, 0.25) is 0 Å². The van der Waals surface area contributed by atoms with Crippen LogP contribution in [0.15, 0.2) is 30.3 Å². The van der Waals surface area contributed by atoms with Crippen molar-refractivity contribution in [2.24, 2.45) is 0 Å². The van der Waals surface area contributed by atoms with Crippen molar-refractivity contribution in [3.8, 4) is 0 Å². The number of non-ortho nitro benzene ring substituents is 1. The highest BCUT2D eigenvalue weighted by Gasteiger charge is 2.90. The maximum atomic E-state index is 13.5. The second-order valence-corrected chi connectivity index (χ2v) is 5.60. The summed E-state index contributed by atoms with van der Waals surface area (Å²) in [6, 6.07) is 2.55. The molecule has 0 bridgehead atoms. The van der Waals surface area contributed by atoms with Crippen LogP contribution in [0.25, 0.3) is 6.08 Å². The van der Waals surface area contributed by atoms with Gasteiger partial charge in [-0.1, -0.05) is 6.08 Å². The van der Waals surface area contributed by atoms with Gasteiger partial charge in [-0.25, -0.2) is 0 Å². The molecule has 30 heavy (non-hydrogen) atoms. The van der Waals surface area contributed by atoms with Gasteiger partial charge < -0.3 is 0 Å². The lowest BCUT2D eigenvalue weighted by Crippen LogP contribution is -2.69. The van der Waals surface area contributed by atoms with Crippen molar-refractivity contribution in [1.29, 1.82) is 0 Å². The molecule has 0 heterocycles. The maximum absolute atomic E-state index is 13.5. The zero-order valence-electron chi connectivity index (χ0n) is 13.6. The molecular weight excluding hydrogens is 461 g/mol. The molecule has 0 saturated heterocycles. The second-order valence-electron chi connectivity index (χ2n) is 5.60. The highest BCUT2D eigenvalue weighted by atomic mass is 19.4. The third-order valence-corrected chi connectivity index (χ3v) is 3.55. The lowest BCUT2D eigenvalue weighted by atomic mass is 9.93. The van der Waals surface area contributed by atoms with Crippen molar-refractivity contribution >= 4 is 11.8 Å². The first-order valence-electron chi connectivity index (χ1n) is 7.03. The van der Waals surface area contributed by atoms with Crippen molar-refractivity contribution in [3.63, 3.8) is 0 Å². The van der Waals surface area contributed by atoms with Gasteiger partial charge in [0.1, 0.15) is 0 Å². The molecule has 0 atom stereocenters. The van der Waals surface area contributed by atoms with E-state index in [0.29, 0.717) is 24.3 Å². The first kappa shape index (κ1) is 25.5. The largest absolute Gasteiger partial charge is 0.460 e. The summed E-state index contributed by atoms with van der Waals surface area (Å²) in [6.07, 6.45) is -8.74. The summed E-state index contributed by atoms with van der Waals surface area (Å²) in [5.74, 6) is -37.4. The number of halogens is 13. The van der Waals surface area contributed by atoms with Gasteiger partial charge in [0.2, 0.25) is 0 Å². The van der Waals surface area contributed by atoms with E-state index < -0.39 is 58.0 Å². The normalized spacial score (nSPS) is 15.0. The van der Waals surface area contributed by atoms with E-state index in [9.17, 15) is 67.2 Å². The quantitative estimate of drug-likeness (QED) is 0.267. The number of hydrogen-bond donors (Lipinski definition) is 0. The molecular formula is C14H6F13NO2. The molecule has 1 rings (SSSR count). The number of nitro groups is 1. The van der Waals surface area contributed by atoms with Gasteiger partial charge in [-0.15, -0.1) is 0 Å². The highest BCUT2D eigenvalue weighted by Crippen LogP contribution is 2.60. The Kier molecular flexibility index (Phi) is 6.20. The van der Waals surface area contributed by atoms with Crippen molar-refractivity contribution in [2.45, 2.75) is 35.8 Å². The minimum Gasteiger partial charge on any atom is -0.258 e. The average molecular weight is 467 g/mol. The lowest BCUT2D eigenvalue weighted by molar-refractivity contribution is -0.436. The first-order valence-corrected chi connectivity index (χ1v) is 7.03. The molecule has 16 heteroatoms. The first-order chi connectivity index (χ1) is 13.1. The van der Waals surface area contributed by atoms with Crippen LogP contribution < -0.4 is 0 Å². The molecule has 0 saturated carbocycles. The molecule has 0 aliphatic heterocycles. The summed E-state index contributed by atoms with van der Waals surface area (Å²) in [7, 11) is 0. The van der Waals surface area contributed by atoms with Crippen molar-refractivity contribution in [2.75, 3.05) is 0 Å². The zero-order valence-corrected chi connectivity index (χ0v) is 13.6. The molecule has 0 N–H and O–H groups in total. The van der Waals surface area contributed by atoms with E-state index in [1.54, 1.807) is 0 Å². The van der Waals surface area contributed by atoms with Gasteiger partial charge in [-0.3, -0.25) is 10.1 Å². The third-order valence-electron chi connectivity index (χ3n) is 3.55. The Balaban J connectivity index is 3.36. The molecule has 1 aromatic rings. The van der Waals surface area contributed by atoms with Gasteiger partial charge >= 0.3 is 35.8 Å². The molecule has 170 valence electrons. The van der Waals surface area contributed by atoms with Gasteiger partial charge in [-0.05, 0) is 23.8 Å². The summed E-state index contributed by atoms with van der Waals surface area (Å²) in [6.45, 7) is 0. The van der Waals surface area contributed by atoms with E-state index in [1.807, 2.05) is 0 Å². The maximum Gasteiger partial charge on any atom is 0.460 e. The standard InChI is InChI=1S/C14H6F13NO2/c15-9(16,6-5-7-1-3-8(4-2-7)28(29)30)10(17,18)11(19,20)12(21,22)13(23,24)14(25,26)27/h1-6H/b6-5-. The second kappa shape index (κ2) is 7.30. The van der Waals surface area contributed by atoms with E-state index >= 15 is 0 Å². The predicted molar refractivity (Wildman–Crippen MR) is 72.9 cm³/mol. The lowest BCUT2D eigenvalue weighted by Gasteiger charge is -2.39. The number of alkyl halides is 13. The fraction of sp³-hybridized carbons (Fsp3) is 0.429. The van der Waals surface area contributed by atoms with E-state index in [4.69, 9.17) is 0 Å².